The molecule has 0 aliphatic rings. The van der Waals surface area contributed by atoms with Crippen LogP contribution in [0.15, 0.2) is 24.3 Å². The van der Waals surface area contributed by atoms with Crippen LogP contribution in [0.4, 0.5) is 13.2 Å². The molecule has 96 valence electrons. The monoisotopic (exact) mass is 247 g/mol. The van der Waals surface area contributed by atoms with Crippen LogP contribution in [0.5, 0.6) is 5.75 Å². The molecule has 0 bridgehead atoms. The average molecular weight is 247 g/mol. The van der Waals surface area contributed by atoms with E-state index in [-0.39, 0.29) is 0 Å². The van der Waals surface area contributed by atoms with Gasteiger partial charge in [-0.2, -0.15) is 13.2 Å². The van der Waals surface area contributed by atoms with E-state index < -0.39 is 18.6 Å². The number of benzene rings is 1. The van der Waals surface area contributed by atoms with Gasteiger partial charge < -0.3 is 10.1 Å². The standard InChI is InChI=1S/C12H16F3NO/c1-9(7-12(13,14)15)16-8-10-3-5-11(17-2)6-4-10/h3-6,9,16H,7-8H2,1-2H3. The van der Waals surface area contributed by atoms with Gasteiger partial charge in [0.1, 0.15) is 5.75 Å². The molecule has 0 aliphatic heterocycles. The van der Waals surface area contributed by atoms with Gasteiger partial charge in [0.15, 0.2) is 0 Å². The number of methoxy groups -OCH3 is 1. The van der Waals surface area contributed by atoms with Gasteiger partial charge in [-0.25, -0.2) is 0 Å². The van der Waals surface area contributed by atoms with Crippen LogP contribution in [0, 0.1) is 0 Å². The molecule has 0 fully saturated rings. The number of ether oxygens (including phenoxy) is 1. The molecule has 5 heteroatoms. The van der Waals surface area contributed by atoms with E-state index in [1.54, 1.807) is 19.2 Å². The van der Waals surface area contributed by atoms with Crippen LogP contribution in [0.1, 0.15) is 18.9 Å². The summed E-state index contributed by atoms with van der Waals surface area (Å²) in [5.41, 5.74) is 0.930. The number of alkyl halides is 3. The predicted octanol–water partition coefficient (Wildman–Crippen LogP) is 3.13. The molecule has 1 atom stereocenters. The highest BCUT2D eigenvalue weighted by molar-refractivity contribution is 5.27. The van der Waals surface area contributed by atoms with Crippen molar-refractivity contribution in [3.05, 3.63) is 29.8 Å². The summed E-state index contributed by atoms with van der Waals surface area (Å²) in [5.74, 6) is 0.733. The van der Waals surface area contributed by atoms with Gasteiger partial charge >= 0.3 is 6.18 Å². The molecule has 1 aromatic rings. The topological polar surface area (TPSA) is 21.3 Å². The Kier molecular flexibility index (Phi) is 4.81. The van der Waals surface area contributed by atoms with Crippen molar-refractivity contribution in [1.29, 1.82) is 0 Å². The average Bonchev–Trinajstić information content (AvgIpc) is 2.25. The molecule has 0 aliphatic carbocycles. The minimum Gasteiger partial charge on any atom is -0.497 e. The Morgan fingerprint density at radius 3 is 2.29 bits per heavy atom. The van der Waals surface area contributed by atoms with Crippen LogP contribution in [0.3, 0.4) is 0 Å². The zero-order chi connectivity index (χ0) is 12.9. The summed E-state index contributed by atoms with van der Waals surface area (Å²) in [7, 11) is 1.57. The maximum absolute atomic E-state index is 12.1. The first-order valence-corrected chi connectivity index (χ1v) is 5.34. The Balaban J connectivity index is 2.39. The molecule has 0 saturated heterocycles. The van der Waals surface area contributed by atoms with Gasteiger partial charge in [0.05, 0.1) is 13.5 Å². The SMILES string of the molecule is COc1ccc(CNC(C)CC(F)(F)F)cc1. The zero-order valence-electron chi connectivity index (χ0n) is 9.84. The van der Waals surface area contributed by atoms with E-state index in [0.717, 1.165) is 11.3 Å². The number of hydrogen-bond acceptors (Lipinski definition) is 2. The number of halogens is 3. The first-order chi connectivity index (χ1) is 7.90. The van der Waals surface area contributed by atoms with Gasteiger partial charge in [-0.05, 0) is 24.6 Å². The lowest BCUT2D eigenvalue weighted by Gasteiger charge is -2.15. The van der Waals surface area contributed by atoms with Gasteiger partial charge in [-0.15, -0.1) is 0 Å². The van der Waals surface area contributed by atoms with E-state index in [1.165, 1.54) is 6.92 Å². The summed E-state index contributed by atoms with van der Waals surface area (Å²) in [5, 5.41) is 2.83. The second-order valence-corrected chi connectivity index (χ2v) is 3.95. The van der Waals surface area contributed by atoms with E-state index in [9.17, 15) is 13.2 Å². The fourth-order valence-electron chi connectivity index (χ4n) is 1.45. The van der Waals surface area contributed by atoms with E-state index in [2.05, 4.69) is 5.32 Å². The molecule has 1 aromatic carbocycles. The molecule has 2 nitrogen and oxygen atoms in total. The quantitative estimate of drug-likeness (QED) is 0.863. The van der Waals surface area contributed by atoms with Crippen molar-refractivity contribution in [2.75, 3.05) is 7.11 Å². The molecule has 0 aromatic heterocycles. The molecule has 0 amide bonds. The smallest absolute Gasteiger partial charge is 0.390 e. The second-order valence-electron chi connectivity index (χ2n) is 3.95. The molecule has 0 heterocycles. The van der Waals surface area contributed by atoms with Crippen LogP contribution in [-0.2, 0) is 6.54 Å². The van der Waals surface area contributed by atoms with E-state index >= 15 is 0 Å². The number of hydrogen-bond donors (Lipinski definition) is 1. The lowest BCUT2D eigenvalue weighted by atomic mass is 10.2. The second kappa shape index (κ2) is 5.91. The normalized spacial score (nSPS) is 13.5. The van der Waals surface area contributed by atoms with Crippen molar-refractivity contribution in [1.82, 2.24) is 5.32 Å². The van der Waals surface area contributed by atoms with Crippen molar-refractivity contribution in [3.8, 4) is 5.75 Å². The molecule has 1 N–H and O–H groups in total. The summed E-state index contributed by atoms with van der Waals surface area (Å²) < 4.78 is 41.2. The van der Waals surface area contributed by atoms with E-state index in [1.807, 2.05) is 12.1 Å². The first-order valence-electron chi connectivity index (χ1n) is 5.34. The third-order valence-corrected chi connectivity index (χ3v) is 2.35. The van der Waals surface area contributed by atoms with Gasteiger partial charge in [-0.3, -0.25) is 0 Å². The van der Waals surface area contributed by atoms with Crippen LogP contribution in [0.25, 0.3) is 0 Å². The highest BCUT2D eigenvalue weighted by Gasteiger charge is 2.29. The summed E-state index contributed by atoms with van der Waals surface area (Å²) >= 11 is 0. The molecular weight excluding hydrogens is 231 g/mol. The lowest BCUT2D eigenvalue weighted by molar-refractivity contribution is -0.139. The third kappa shape index (κ3) is 5.58. The maximum Gasteiger partial charge on any atom is 0.390 e. The van der Waals surface area contributed by atoms with E-state index in [0.29, 0.717) is 6.54 Å². The van der Waals surface area contributed by atoms with Crippen LogP contribution in [-0.4, -0.2) is 19.3 Å². The highest BCUT2D eigenvalue weighted by atomic mass is 19.4. The molecule has 1 unspecified atom stereocenters. The predicted molar refractivity (Wildman–Crippen MR) is 60.0 cm³/mol. The highest BCUT2D eigenvalue weighted by Crippen LogP contribution is 2.21. The van der Waals surface area contributed by atoms with Crippen molar-refractivity contribution < 1.29 is 17.9 Å². The van der Waals surface area contributed by atoms with Gasteiger partial charge in [0, 0.05) is 12.6 Å². The molecule has 17 heavy (non-hydrogen) atoms. The maximum atomic E-state index is 12.1. The molecular formula is C12H16F3NO. The Labute approximate surface area is 98.8 Å². The Morgan fingerprint density at radius 2 is 1.82 bits per heavy atom. The van der Waals surface area contributed by atoms with Crippen LogP contribution >= 0.6 is 0 Å². The fraction of sp³-hybridized carbons (Fsp3) is 0.500. The van der Waals surface area contributed by atoms with Crippen molar-refractivity contribution in [2.24, 2.45) is 0 Å². The molecule has 0 radical (unpaired) electrons. The Bertz CT molecular complexity index is 335. The largest absolute Gasteiger partial charge is 0.497 e. The van der Waals surface area contributed by atoms with Crippen molar-refractivity contribution in [2.45, 2.75) is 32.1 Å². The molecule has 0 saturated carbocycles. The van der Waals surface area contributed by atoms with Crippen molar-refractivity contribution >= 4 is 0 Å². The Morgan fingerprint density at radius 1 is 1.24 bits per heavy atom. The van der Waals surface area contributed by atoms with Gasteiger partial charge in [0.2, 0.25) is 0 Å². The zero-order valence-corrected chi connectivity index (χ0v) is 9.84. The molecule has 0 spiro atoms. The summed E-state index contributed by atoms with van der Waals surface area (Å²) in [6.07, 6.45) is -4.94. The third-order valence-electron chi connectivity index (χ3n) is 2.35. The fourth-order valence-corrected chi connectivity index (χ4v) is 1.45. The van der Waals surface area contributed by atoms with Gasteiger partial charge in [-0.1, -0.05) is 12.1 Å². The summed E-state index contributed by atoms with van der Waals surface area (Å²) in [4.78, 5) is 0. The summed E-state index contributed by atoms with van der Waals surface area (Å²) in [6, 6.07) is 6.63. The van der Waals surface area contributed by atoms with Crippen LogP contribution in [0.2, 0.25) is 0 Å². The first kappa shape index (κ1) is 13.8. The van der Waals surface area contributed by atoms with E-state index in [4.69, 9.17) is 4.74 Å². The Hall–Kier alpha value is -1.23. The number of nitrogens with one attached hydrogen (secondary N) is 1. The minimum absolute atomic E-state index is 0.418. The van der Waals surface area contributed by atoms with Crippen molar-refractivity contribution in [3.63, 3.8) is 0 Å². The minimum atomic E-state index is -4.12. The van der Waals surface area contributed by atoms with Crippen LogP contribution < -0.4 is 10.1 Å². The number of rotatable bonds is 5. The van der Waals surface area contributed by atoms with Gasteiger partial charge in [0.25, 0.3) is 0 Å². The summed E-state index contributed by atoms with van der Waals surface area (Å²) in [6.45, 7) is 1.94. The lowest BCUT2D eigenvalue weighted by Crippen LogP contribution is -2.30. The molecule has 1 rings (SSSR count).